The topological polar surface area (TPSA) is 92.3 Å². The van der Waals surface area contributed by atoms with Crippen molar-refractivity contribution >= 4 is 39.1 Å². The van der Waals surface area contributed by atoms with Crippen molar-refractivity contribution in [3.05, 3.63) is 59.1 Å². The third-order valence-corrected chi connectivity index (χ3v) is 4.90. The molecule has 0 bridgehead atoms. The lowest BCUT2D eigenvalue weighted by Crippen LogP contribution is -2.34. The Morgan fingerprint density at radius 2 is 1.54 bits per heavy atom. The first kappa shape index (κ1) is 19.7. The van der Waals surface area contributed by atoms with Gasteiger partial charge in [0.05, 0.1) is 15.5 Å². The molecule has 0 heterocycles. The first-order chi connectivity index (χ1) is 12.0. The fourth-order valence-electron chi connectivity index (χ4n) is 1.83. The lowest BCUT2D eigenvalue weighted by molar-refractivity contribution is -0.0436. The van der Waals surface area contributed by atoms with Crippen LogP contribution in [0.3, 0.4) is 0 Å². The molecular weight excluding hydrogens is 397 g/mol. The fourth-order valence-corrected chi connectivity index (χ4v) is 2.81. The van der Waals surface area contributed by atoms with Crippen LogP contribution in [-0.4, -0.2) is 25.9 Å². The number of halogens is 4. The minimum Gasteiger partial charge on any atom is -0.308 e. The van der Waals surface area contributed by atoms with Crippen LogP contribution < -0.4 is 10.6 Å². The predicted octanol–water partition coefficient (Wildman–Crippen LogP) is 3.60. The number of carbonyl (C=O) groups is 2. The van der Waals surface area contributed by atoms with Crippen LogP contribution in [0.1, 0.15) is 10.4 Å². The Morgan fingerprint density at radius 1 is 0.962 bits per heavy atom. The molecule has 0 radical (unpaired) electrons. The number of carbonyl (C=O) groups excluding carboxylic acids is 2. The second-order valence-electron chi connectivity index (χ2n) is 4.86. The van der Waals surface area contributed by atoms with Gasteiger partial charge in [-0.15, -0.1) is 0 Å². The highest BCUT2D eigenvalue weighted by Gasteiger charge is 2.46. The van der Waals surface area contributed by atoms with Gasteiger partial charge in [-0.3, -0.25) is 10.1 Å². The SMILES string of the molecule is O=C(NC(=O)c1ccccc1Cl)Nc1ccc(S(=O)(=O)C(F)(F)F)cc1. The van der Waals surface area contributed by atoms with Gasteiger partial charge < -0.3 is 5.32 Å². The summed E-state index contributed by atoms with van der Waals surface area (Å²) in [6.07, 6.45) is 0. The van der Waals surface area contributed by atoms with Crippen molar-refractivity contribution in [2.45, 2.75) is 10.4 Å². The maximum absolute atomic E-state index is 12.5. The Labute approximate surface area is 150 Å². The second kappa shape index (κ2) is 7.34. The van der Waals surface area contributed by atoms with Gasteiger partial charge in [-0.25, -0.2) is 13.2 Å². The number of hydrogen-bond donors (Lipinski definition) is 2. The van der Waals surface area contributed by atoms with Crippen LogP contribution in [0.5, 0.6) is 0 Å². The molecule has 0 saturated heterocycles. The van der Waals surface area contributed by atoms with Crippen molar-refractivity contribution in [1.29, 1.82) is 0 Å². The van der Waals surface area contributed by atoms with Crippen molar-refractivity contribution in [1.82, 2.24) is 5.32 Å². The standard InChI is InChI=1S/C15H10ClF3N2O4S/c16-12-4-2-1-3-11(12)13(22)21-14(23)20-9-5-7-10(8-6-9)26(24,25)15(17,18)19/h1-8H,(H2,20,21,22,23). The third kappa shape index (κ3) is 4.33. The van der Waals surface area contributed by atoms with Crippen LogP contribution in [0.25, 0.3) is 0 Å². The second-order valence-corrected chi connectivity index (χ2v) is 7.21. The van der Waals surface area contributed by atoms with Crippen molar-refractivity contribution in [3.63, 3.8) is 0 Å². The molecule has 0 atom stereocenters. The van der Waals surface area contributed by atoms with E-state index in [0.717, 1.165) is 12.1 Å². The highest BCUT2D eigenvalue weighted by atomic mass is 35.5. The molecule has 3 amide bonds. The average molecular weight is 407 g/mol. The van der Waals surface area contributed by atoms with Gasteiger partial charge in [0.2, 0.25) is 0 Å². The van der Waals surface area contributed by atoms with E-state index >= 15 is 0 Å². The molecule has 11 heteroatoms. The monoisotopic (exact) mass is 406 g/mol. The molecule has 2 N–H and O–H groups in total. The molecule has 0 saturated carbocycles. The molecule has 0 aliphatic rings. The molecule has 0 aliphatic heterocycles. The maximum Gasteiger partial charge on any atom is 0.501 e. The van der Waals surface area contributed by atoms with Crippen LogP contribution in [0, 0.1) is 0 Å². The molecule has 0 spiro atoms. The van der Waals surface area contributed by atoms with Gasteiger partial charge in [0, 0.05) is 5.69 Å². The van der Waals surface area contributed by atoms with Crippen molar-refractivity contribution in [3.8, 4) is 0 Å². The van der Waals surface area contributed by atoms with Gasteiger partial charge in [-0.05, 0) is 36.4 Å². The molecule has 2 rings (SSSR count). The first-order valence-electron chi connectivity index (χ1n) is 6.80. The average Bonchev–Trinajstić information content (AvgIpc) is 2.54. The van der Waals surface area contributed by atoms with Crippen LogP contribution in [0.15, 0.2) is 53.4 Å². The van der Waals surface area contributed by atoms with Gasteiger partial charge in [0.1, 0.15) is 0 Å². The maximum atomic E-state index is 12.5. The van der Waals surface area contributed by atoms with Crippen molar-refractivity contribution in [2.75, 3.05) is 5.32 Å². The zero-order valence-electron chi connectivity index (χ0n) is 12.7. The summed E-state index contributed by atoms with van der Waals surface area (Å²) in [7, 11) is -5.48. The van der Waals surface area contributed by atoms with Crippen molar-refractivity contribution in [2.24, 2.45) is 0 Å². The summed E-state index contributed by atoms with van der Waals surface area (Å²) in [6, 6.07) is 8.30. The smallest absolute Gasteiger partial charge is 0.308 e. The number of urea groups is 1. The number of alkyl halides is 3. The highest BCUT2D eigenvalue weighted by Crippen LogP contribution is 2.30. The number of benzene rings is 2. The highest BCUT2D eigenvalue weighted by molar-refractivity contribution is 7.92. The Morgan fingerprint density at radius 3 is 2.08 bits per heavy atom. The van der Waals surface area contributed by atoms with E-state index in [-0.39, 0.29) is 16.3 Å². The molecule has 6 nitrogen and oxygen atoms in total. The van der Waals surface area contributed by atoms with E-state index in [1.807, 2.05) is 5.32 Å². The van der Waals surface area contributed by atoms with E-state index in [0.29, 0.717) is 12.1 Å². The minimum atomic E-state index is -5.48. The number of rotatable bonds is 3. The quantitative estimate of drug-likeness (QED) is 0.814. The summed E-state index contributed by atoms with van der Waals surface area (Å²) >= 11 is 5.82. The summed E-state index contributed by atoms with van der Waals surface area (Å²) < 4.78 is 59.8. The summed E-state index contributed by atoms with van der Waals surface area (Å²) in [5, 5.41) is 4.30. The number of anilines is 1. The van der Waals surface area contributed by atoms with Crippen LogP contribution in [-0.2, 0) is 9.84 Å². The lowest BCUT2D eigenvalue weighted by atomic mass is 10.2. The van der Waals surface area contributed by atoms with Gasteiger partial charge >= 0.3 is 11.5 Å². The van der Waals surface area contributed by atoms with Crippen LogP contribution in [0.4, 0.5) is 23.7 Å². The van der Waals surface area contributed by atoms with Crippen LogP contribution >= 0.6 is 11.6 Å². The Hall–Kier alpha value is -2.59. The summed E-state index contributed by atoms with van der Waals surface area (Å²) in [4.78, 5) is 22.7. The molecule has 138 valence electrons. The van der Waals surface area contributed by atoms with E-state index in [2.05, 4.69) is 5.32 Å². The van der Waals surface area contributed by atoms with E-state index in [4.69, 9.17) is 11.6 Å². The third-order valence-electron chi connectivity index (χ3n) is 3.07. The van der Waals surface area contributed by atoms with E-state index in [1.165, 1.54) is 12.1 Å². The zero-order chi connectivity index (χ0) is 19.5. The Bertz CT molecular complexity index is 944. The van der Waals surface area contributed by atoms with E-state index < -0.39 is 32.2 Å². The Kier molecular flexibility index (Phi) is 5.57. The van der Waals surface area contributed by atoms with E-state index in [1.54, 1.807) is 12.1 Å². The van der Waals surface area contributed by atoms with Crippen LogP contribution in [0.2, 0.25) is 5.02 Å². The minimum absolute atomic E-state index is 0.0180. The molecular formula is C15H10ClF3N2O4S. The van der Waals surface area contributed by atoms with Crippen molar-refractivity contribution < 1.29 is 31.2 Å². The fraction of sp³-hybridized carbons (Fsp3) is 0.0667. The molecule has 2 aromatic carbocycles. The summed E-state index contributed by atoms with van der Waals surface area (Å²) in [6.45, 7) is 0. The number of sulfone groups is 1. The van der Waals surface area contributed by atoms with E-state index in [9.17, 15) is 31.2 Å². The molecule has 0 fully saturated rings. The summed E-state index contributed by atoms with van der Waals surface area (Å²) in [5.74, 6) is -0.788. The van der Waals surface area contributed by atoms with Gasteiger partial charge in [0.25, 0.3) is 15.7 Å². The summed E-state index contributed by atoms with van der Waals surface area (Å²) in [5.41, 5.74) is -5.40. The van der Waals surface area contributed by atoms with Gasteiger partial charge in [0.15, 0.2) is 0 Å². The Balaban J connectivity index is 2.07. The zero-order valence-corrected chi connectivity index (χ0v) is 14.2. The largest absolute Gasteiger partial charge is 0.501 e. The normalized spacial score (nSPS) is 11.7. The lowest BCUT2D eigenvalue weighted by Gasteiger charge is -2.10. The molecule has 0 aromatic heterocycles. The molecule has 2 aromatic rings. The molecule has 0 unspecified atom stereocenters. The number of hydrogen-bond acceptors (Lipinski definition) is 4. The van der Waals surface area contributed by atoms with Gasteiger partial charge in [-0.1, -0.05) is 23.7 Å². The molecule has 26 heavy (non-hydrogen) atoms. The number of amides is 3. The number of imide groups is 1. The van der Waals surface area contributed by atoms with Gasteiger partial charge in [-0.2, -0.15) is 13.2 Å². The first-order valence-corrected chi connectivity index (χ1v) is 8.67. The molecule has 0 aliphatic carbocycles. The predicted molar refractivity (Wildman–Crippen MR) is 87.6 cm³/mol. The number of nitrogens with one attached hydrogen (secondary N) is 2.